The first-order valence-electron chi connectivity index (χ1n) is 6.01. The van der Waals surface area contributed by atoms with E-state index in [1.165, 1.54) is 0 Å². The van der Waals surface area contributed by atoms with Crippen LogP contribution in [-0.2, 0) is 6.54 Å². The zero-order valence-corrected chi connectivity index (χ0v) is 10.5. The molecular weight excluding hydrogens is 212 g/mol. The van der Waals surface area contributed by atoms with E-state index >= 15 is 0 Å². The number of nitrogens with zero attached hydrogens (tertiary/aromatic N) is 1. The first-order valence-corrected chi connectivity index (χ1v) is 6.01. The summed E-state index contributed by atoms with van der Waals surface area (Å²) < 4.78 is 0. The first kappa shape index (κ1) is 13.7. The molecule has 1 rings (SSSR count). The van der Waals surface area contributed by atoms with Crippen molar-refractivity contribution >= 4 is 0 Å². The second kappa shape index (κ2) is 7.05. The van der Waals surface area contributed by atoms with Crippen LogP contribution in [0.2, 0.25) is 0 Å². The Kier molecular flexibility index (Phi) is 5.68. The fourth-order valence-corrected chi connectivity index (χ4v) is 1.83. The van der Waals surface area contributed by atoms with E-state index in [9.17, 15) is 0 Å². The Morgan fingerprint density at radius 1 is 1.35 bits per heavy atom. The smallest absolute Gasteiger partial charge is 0.0995 e. The summed E-state index contributed by atoms with van der Waals surface area (Å²) >= 11 is 0. The molecule has 0 amide bonds. The molecule has 2 N–H and O–H groups in total. The monoisotopic (exact) mass is 232 g/mol. The minimum atomic E-state index is 0.190. The quantitative estimate of drug-likeness (QED) is 0.789. The van der Waals surface area contributed by atoms with Gasteiger partial charge in [0.15, 0.2) is 0 Å². The van der Waals surface area contributed by atoms with Gasteiger partial charge in [0, 0.05) is 19.2 Å². The molecule has 1 aromatic rings. The first-order chi connectivity index (χ1) is 8.19. The van der Waals surface area contributed by atoms with Gasteiger partial charge in [0.1, 0.15) is 0 Å². The van der Waals surface area contributed by atoms with Crippen molar-refractivity contribution in [3.05, 3.63) is 35.4 Å². The number of benzene rings is 1. The molecule has 0 spiro atoms. The van der Waals surface area contributed by atoms with Gasteiger partial charge in [0.05, 0.1) is 11.6 Å². The van der Waals surface area contributed by atoms with Crippen LogP contribution >= 0.6 is 0 Å². The van der Waals surface area contributed by atoms with Crippen molar-refractivity contribution in [3.63, 3.8) is 0 Å². The van der Waals surface area contributed by atoms with Crippen LogP contribution in [0.15, 0.2) is 24.3 Å². The standard InChI is InChI=1S/C14H20N2O/c1-11(2)14(7-8-17)16-10-13-6-4-3-5-12(13)9-15/h3-6,11,14,16-17H,7-8,10H2,1-2H3. The third kappa shape index (κ3) is 4.18. The number of hydrogen-bond donors (Lipinski definition) is 2. The molecule has 0 bridgehead atoms. The molecule has 1 aromatic carbocycles. The highest BCUT2D eigenvalue weighted by molar-refractivity contribution is 5.37. The fourth-order valence-electron chi connectivity index (χ4n) is 1.83. The van der Waals surface area contributed by atoms with Gasteiger partial charge in [0.25, 0.3) is 0 Å². The summed E-state index contributed by atoms with van der Waals surface area (Å²) in [6.45, 7) is 5.12. The predicted octanol–water partition coefficient (Wildman–Crippen LogP) is 2.05. The van der Waals surface area contributed by atoms with Crippen LogP contribution in [0.25, 0.3) is 0 Å². The molecule has 17 heavy (non-hydrogen) atoms. The van der Waals surface area contributed by atoms with E-state index in [0.29, 0.717) is 18.0 Å². The summed E-state index contributed by atoms with van der Waals surface area (Å²) in [5.41, 5.74) is 1.73. The van der Waals surface area contributed by atoms with Gasteiger partial charge in [-0.2, -0.15) is 5.26 Å². The van der Waals surface area contributed by atoms with Crippen LogP contribution in [0.5, 0.6) is 0 Å². The maximum absolute atomic E-state index is 8.99. The summed E-state index contributed by atoms with van der Waals surface area (Å²) in [4.78, 5) is 0. The number of hydrogen-bond acceptors (Lipinski definition) is 3. The highest BCUT2D eigenvalue weighted by Gasteiger charge is 2.12. The molecule has 0 radical (unpaired) electrons. The molecule has 1 atom stereocenters. The van der Waals surface area contributed by atoms with Crippen molar-refractivity contribution in [3.8, 4) is 6.07 Å². The molecule has 0 saturated carbocycles. The molecule has 3 nitrogen and oxygen atoms in total. The number of nitriles is 1. The normalized spacial score (nSPS) is 12.4. The van der Waals surface area contributed by atoms with Crippen LogP contribution in [0.1, 0.15) is 31.4 Å². The van der Waals surface area contributed by atoms with E-state index in [1.807, 2.05) is 24.3 Å². The SMILES string of the molecule is CC(C)C(CCO)NCc1ccccc1C#N. The summed E-state index contributed by atoms with van der Waals surface area (Å²) in [6.07, 6.45) is 0.742. The minimum absolute atomic E-state index is 0.190. The zero-order valence-electron chi connectivity index (χ0n) is 10.5. The van der Waals surface area contributed by atoms with Gasteiger partial charge in [0.2, 0.25) is 0 Å². The third-order valence-electron chi connectivity index (χ3n) is 2.94. The second-order valence-corrected chi connectivity index (χ2v) is 4.51. The van der Waals surface area contributed by atoms with Crippen molar-refractivity contribution in [1.82, 2.24) is 5.32 Å². The van der Waals surface area contributed by atoms with Gasteiger partial charge in [-0.3, -0.25) is 0 Å². The largest absolute Gasteiger partial charge is 0.396 e. The Bertz CT molecular complexity index is 382. The van der Waals surface area contributed by atoms with Gasteiger partial charge in [-0.1, -0.05) is 32.0 Å². The highest BCUT2D eigenvalue weighted by Crippen LogP contribution is 2.10. The molecular formula is C14H20N2O. The van der Waals surface area contributed by atoms with Gasteiger partial charge in [-0.15, -0.1) is 0 Å². The molecule has 0 fully saturated rings. The Morgan fingerprint density at radius 3 is 2.65 bits per heavy atom. The lowest BCUT2D eigenvalue weighted by Gasteiger charge is -2.21. The van der Waals surface area contributed by atoms with Crippen LogP contribution in [-0.4, -0.2) is 17.8 Å². The van der Waals surface area contributed by atoms with Crippen molar-refractivity contribution in [2.75, 3.05) is 6.61 Å². The lowest BCUT2D eigenvalue weighted by molar-refractivity contribution is 0.244. The molecule has 92 valence electrons. The van der Waals surface area contributed by atoms with Crippen LogP contribution in [0.3, 0.4) is 0 Å². The van der Waals surface area contributed by atoms with Crippen molar-refractivity contribution < 1.29 is 5.11 Å². The molecule has 0 aliphatic rings. The van der Waals surface area contributed by atoms with E-state index in [0.717, 1.165) is 12.0 Å². The van der Waals surface area contributed by atoms with Crippen LogP contribution in [0, 0.1) is 17.2 Å². The molecule has 0 heterocycles. The Balaban J connectivity index is 2.62. The number of aliphatic hydroxyl groups excluding tert-OH is 1. The van der Waals surface area contributed by atoms with Gasteiger partial charge in [-0.05, 0) is 24.0 Å². The zero-order chi connectivity index (χ0) is 12.7. The van der Waals surface area contributed by atoms with E-state index in [-0.39, 0.29) is 12.6 Å². The Hall–Kier alpha value is -1.37. The van der Waals surface area contributed by atoms with Gasteiger partial charge in [-0.25, -0.2) is 0 Å². The van der Waals surface area contributed by atoms with E-state index < -0.39 is 0 Å². The van der Waals surface area contributed by atoms with E-state index in [1.54, 1.807) is 0 Å². The van der Waals surface area contributed by atoms with E-state index in [2.05, 4.69) is 25.2 Å². The molecule has 0 aliphatic heterocycles. The number of rotatable bonds is 6. The molecule has 1 unspecified atom stereocenters. The van der Waals surface area contributed by atoms with Crippen LogP contribution in [0.4, 0.5) is 0 Å². The highest BCUT2D eigenvalue weighted by atomic mass is 16.3. The molecule has 0 saturated heterocycles. The average Bonchev–Trinajstić information content (AvgIpc) is 2.34. The van der Waals surface area contributed by atoms with Gasteiger partial charge >= 0.3 is 0 Å². The van der Waals surface area contributed by atoms with Crippen LogP contribution < -0.4 is 5.32 Å². The maximum Gasteiger partial charge on any atom is 0.0995 e. The summed E-state index contributed by atoms with van der Waals surface area (Å²) in [6, 6.07) is 10.1. The average molecular weight is 232 g/mol. The molecule has 0 aromatic heterocycles. The summed E-state index contributed by atoms with van der Waals surface area (Å²) in [7, 11) is 0. The fraction of sp³-hybridized carbons (Fsp3) is 0.500. The molecule has 3 heteroatoms. The lowest BCUT2D eigenvalue weighted by Crippen LogP contribution is -2.34. The Morgan fingerprint density at radius 2 is 2.06 bits per heavy atom. The van der Waals surface area contributed by atoms with Crippen molar-refractivity contribution in [2.45, 2.75) is 32.9 Å². The second-order valence-electron chi connectivity index (χ2n) is 4.51. The van der Waals surface area contributed by atoms with Gasteiger partial charge < -0.3 is 10.4 Å². The third-order valence-corrected chi connectivity index (χ3v) is 2.94. The van der Waals surface area contributed by atoms with Crippen molar-refractivity contribution in [1.29, 1.82) is 5.26 Å². The predicted molar refractivity (Wildman–Crippen MR) is 68.3 cm³/mol. The van der Waals surface area contributed by atoms with Crippen molar-refractivity contribution in [2.24, 2.45) is 5.92 Å². The van der Waals surface area contributed by atoms with E-state index in [4.69, 9.17) is 10.4 Å². The summed E-state index contributed by atoms with van der Waals surface area (Å²) in [5, 5.41) is 21.4. The minimum Gasteiger partial charge on any atom is -0.396 e. The number of aliphatic hydroxyl groups is 1. The Labute approximate surface area is 103 Å². The molecule has 0 aliphatic carbocycles. The lowest BCUT2D eigenvalue weighted by atomic mass is 10.0. The summed E-state index contributed by atoms with van der Waals surface area (Å²) in [5.74, 6) is 0.469. The number of nitrogens with one attached hydrogen (secondary N) is 1. The maximum atomic E-state index is 8.99. The topological polar surface area (TPSA) is 56.0 Å².